The molecule has 0 bridgehead atoms. The summed E-state index contributed by atoms with van der Waals surface area (Å²) >= 11 is 0. The topological polar surface area (TPSA) is 48.6 Å². The second-order valence-electron chi connectivity index (χ2n) is 6.82. The van der Waals surface area contributed by atoms with E-state index in [0.29, 0.717) is 12.1 Å². The zero-order chi connectivity index (χ0) is 17.8. The number of likely N-dealkylation sites (N-methyl/N-ethyl adjacent to an activating group) is 1. The summed E-state index contributed by atoms with van der Waals surface area (Å²) in [5, 5.41) is 13.1. The molecular weight excluding hydrogens is 319 g/mol. The number of likely N-dealkylation sites (tertiary alicyclic amines) is 1. The molecule has 1 aromatic carbocycles. The van der Waals surface area contributed by atoms with E-state index in [2.05, 4.69) is 17.1 Å². The van der Waals surface area contributed by atoms with Gasteiger partial charge in [0.25, 0.3) is 0 Å². The molecule has 4 nitrogen and oxygen atoms in total. The Morgan fingerprint density at radius 3 is 2.68 bits per heavy atom. The minimum absolute atomic E-state index is 0.0337. The van der Waals surface area contributed by atoms with Crippen molar-refractivity contribution < 1.29 is 13.9 Å². The van der Waals surface area contributed by atoms with Crippen LogP contribution in [0.25, 0.3) is 0 Å². The van der Waals surface area contributed by atoms with E-state index in [0.717, 1.165) is 30.9 Å². The quantitative estimate of drug-likeness (QED) is 0.809. The fourth-order valence-electron chi connectivity index (χ4n) is 3.88. The summed E-state index contributed by atoms with van der Waals surface area (Å²) in [6.07, 6.45) is 1.73. The van der Waals surface area contributed by atoms with Gasteiger partial charge in [-0.3, -0.25) is 4.90 Å². The number of rotatable bonds is 7. The number of halogens is 1. The zero-order valence-corrected chi connectivity index (χ0v) is 14.9. The molecule has 3 rings (SSSR count). The summed E-state index contributed by atoms with van der Waals surface area (Å²) in [5.74, 6) is 1.97. The number of furan rings is 1. The third-order valence-corrected chi connectivity index (χ3v) is 5.24. The maximum absolute atomic E-state index is 14.3. The van der Waals surface area contributed by atoms with Crippen molar-refractivity contribution in [3.8, 4) is 0 Å². The first-order valence-electron chi connectivity index (χ1n) is 8.99. The molecule has 2 heterocycles. The molecule has 5 heteroatoms. The molecule has 0 amide bonds. The van der Waals surface area contributed by atoms with Crippen molar-refractivity contribution in [2.45, 2.75) is 38.4 Å². The highest BCUT2D eigenvalue weighted by Crippen LogP contribution is 2.40. The van der Waals surface area contributed by atoms with E-state index >= 15 is 0 Å². The van der Waals surface area contributed by atoms with Crippen molar-refractivity contribution >= 4 is 0 Å². The highest BCUT2D eigenvalue weighted by atomic mass is 19.1. The SMILES string of the molecule is CCc1ccc(CNC[C@H]2C[C@@H](CO)N(C)[C@H]2c2ccccc2F)o1. The first kappa shape index (κ1) is 18.1. The molecule has 1 fully saturated rings. The number of nitrogens with one attached hydrogen (secondary N) is 1. The molecular formula is C20H27FN2O2. The highest BCUT2D eigenvalue weighted by Gasteiger charge is 2.40. The van der Waals surface area contributed by atoms with Crippen molar-refractivity contribution in [1.82, 2.24) is 10.2 Å². The smallest absolute Gasteiger partial charge is 0.127 e. The second kappa shape index (κ2) is 8.13. The highest BCUT2D eigenvalue weighted by molar-refractivity contribution is 5.24. The van der Waals surface area contributed by atoms with Crippen LogP contribution in [-0.4, -0.2) is 36.2 Å². The Labute approximate surface area is 148 Å². The summed E-state index contributed by atoms with van der Waals surface area (Å²) in [7, 11) is 1.97. The van der Waals surface area contributed by atoms with Gasteiger partial charge in [-0.25, -0.2) is 4.39 Å². The van der Waals surface area contributed by atoms with Gasteiger partial charge >= 0.3 is 0 Å². The average Bonchev–Trinajstić information content (AvgIpc) is 3.20. The number of hydrogen-bond acceptors (Lipinski definition) is 4. The van der Waals surface area contributed by atoms with E-state index in [9.17, 15) is 9.50 Å². The Kier molecular flexibility index (Phi) is 5.89. The van der Waals surface area contributed by atoms with E-state index in [1.54, 1.807) is 6.07 Å². The second-order valence-corrected chi connectivity index (χ2v) is 6.82. The molecule has 0 radical (unpaired) electrons. The summed E-state index contributed by atoms with van der Waals surface area (Å²) < 4.78 is 20.0. The lowest BCUT2D eigenvalue weighted by Crippen LogP contribution is -2.32. The Bertz CT molecular complexity index is 688. The molecule has 1 saturated heterocycles. The normalized spacial score (nSPS) is 24.1. The monoisotopic (exact) mass is 346 g/mol. The summed E-state index contributed by atoms with van der Waals surface area (Å²) in [5.41, 5.74) is 0.707. The Morgan fingerprint density at radius 1 is 1.24 bits per heavy atom. The molecule has 2 aromatic rings. The zero-order valence-electron chi connectivity index (χ0n) is 14.9. The summed E-state index contributed by atoms with van der Waals surface area (Å²) in [6.45, 7) is 3.57. The molecule has 1 aliphatic heterocycles. The molecule has 0 unspecified atom stereocenters. The van der Waals surface area contributed by atoms with Gasteiger partial charge < -0.3 is 14.8 Å². The van der Waals surface area contributed by atoms with Crippen LogP contribution >= 0.6 is 0 Å². The van der Waals surface area contributed by atoms with E-state index in [1.165, 1.54) is 6.07 Å². The van der Waals surface area contributed by atoms with Crippen LogP contribution in [0.3, 0.4) is 0 Å². The third kappa shape index (κ3) is 3.94. The predicted molar refractivity (Wildman–Crippen MR) is 95.7 cm³/mol. The van der Waals surface area contributed by atoms with Gasteiger partial charge in [0.2, 0.25) is 0 Å². The number of aliphatic hydroxyl groups is 1. The van der Waals surface area contributed by atoms with Crippen LogP contribution in [0.1, 0.15) is 36.5 Å². The average molecular weight is 346 g/mol. The molecule has 0 saturated carbocycles. The Morgan fingerprint density at radius 2 is 2.00 bits per heavy atom. The van der Waals surface area contributed by atoms with Crippen LogP contribution in [0.15, 0.2) is 40.8 Å². The predicted octanol–water partition coefficient (Wildman–Crippen LogP) is 3.12. The Balaban J connectivity index is 1.68. The van der Waals surface area contributed by atoms with Gasteiger partial charge in [-0.2, -0.15) is 0 Å². The van der Waals surface area contributed by atoms with Crippen LogP contribution in [0.2, 0.25) is 0 Å². The molecule has 2 N–H and O–H groups in total. The molecule has 25 heavy (non-hydrogen) atoms. The van der Waals surface area contributed by atoms with Gasteiger partial charge in [-0.15, -0.1) is 0 Å². The van der Waals surface area contributed by atoms with Crippen molar-refractivity contribution in [3.05, 3.63) is 59.3 Å². The first-order chi connectivity index (χ1) is 12.1. The van der Waals surface area contributed by atoms with Gasteiger partial charge in [0, 0.05) is 30.6 Å². The standard InChI is InChI=1S/C20H27FN2O2/c1-3-16-8-9-17(25-16)12-22-11-14-10-15(13-24)23(2)20(14)18-6-4-5-7-19(18)21/h4-9,14-15,20,22,24H,3,10-13H2,1-2H3/t14-,15+,20-/m1/s1. The van der Waals surface area contributed by atoms with Crippen LogP contribution < -0.4 is 5.32 Å². The minimum Gasteiger partial charge on any atom is -0.465 e. The van der Waals surface area contributed by atoms with Gasteiger partial charge in [-0.05, 0) is 37.6 Å². The number of nitrogens with zero attached hydrogens (tertiary/aromatic N) is 1. The van der Waals surface area contributed by atoms with Crippen LogP contribution in [0, 0.1) is 11.7 Å². The molecule has 1 aliphatic rings. The van der Waals surface area contributed by atoms with Crippen LogP contribution in [0.4, 0.5) is 4.39 Å². The summed E-state index contributed by atoms with van der Waals surface area (Å²) in [6, 6.07) is 11.0. The number of aliphatic hydroxyl groups excluding tert-OH is 1. The molecule has 3 atom stereocenters. The van der Waals surface area contributed by atoms with E-state index in [4.69, 9.17) is 4.42 Å². The lowest BCUT2D eigenvalue weighted by atomic mass is 9.92. The first-order valence-corrected chi connectivity index (χ1v) is 8.99. The van der Waals surface area contributed by atoms with E-state index in [-0.39, 0.29) is 30.4 Å². The van der Waals surface area contributed by atoms with E-state index in [1.807, 2.05) is 31.3 Å². The van der Waals surface area contributed by atoms with Crippen molar-refractivity contribution in [1.29, 1.82) is 0 Å². The lowest BCUT2D eigenvalue weighted by Gasteiger charge is -2.28. The number of benzene rings is 1. The fraction of sp³-hybridized carbons (Fsp3) is 0.500. The summed E-state index contributed by atoms with van der Waals surface area (Å²) in [4.78, 5) is 2.10. The van der Waals surface area contributed by atoms with Gasteiger partial charge in [0.15, 0.2) is 0 Å². The lowest BCUT2D eigenvalue weighted by molar-refractivity contribution is 0.151. The van der Waals surface area contributed by atoms with Crippen molar-refractivity contribution in [2.75, 3.05) is 20.2 Å². The Hall–Kier alpha value is -1.69. The van der Waals surface area contributed by atoms with Gasteiger partial charge in [0.05, 0.1) is 13.2 Å². The maximum Gasteiger partial charge on any atom is 0.127 e. The minimum atomic E-state index is -0.179. The largest absolute Gasteiger partial charge is 0.465 e. The van der Waals surface area contributed by atoms with Gasteiger partial charge in [0.1, 0.15) is 17.3 Å². The van der Waals surface area contributed by atoms with Crippen molar-refractivity contribution in [2.24, 2.45) is 5.92 Å². The van der Waals surface area contributed by atoms with E-state index < -0.39 is 0 Å². The molecule has 136 valence electrons. The maximum atomic E-state index is 14.3. The number of aryl methyl sites for hydroxylation is 1. The molecule has 0 aliphatic carbocycles. The van der Waals surface area contributed by atoms with Crippen molar-refractivity contribution in [3.63, 3.8) is 0 Å². The van der Waals surface area contributed by atoms with Crippen LogP contribution in [0.5, 0.6) is 0 Å². The third-order valence-electron chi connectivity index (χ3n) is 5.24. The van der Waals surface area contributed by atoms with Crippen LogP contribution in [-0.2, 0) is 13.0 Å². The fourth-order valence-corrected chi connectivity index (χ4v) is 3.88. The molecule has 1 aromatic heterocycles. The molecule has 0 spiro atoms. The number of hydrogen-bond donors (Lipinski definition) is 2. The van der Waals surface area contributed by atoms with Gasteiger partial charge in [-0.1, -0.05) is 25.1 Å².